The lowest BCUT2D eigenvalue weighted by Gasteiger charge is -2.10. The fraction of sp³-hybridized carbons (Fsp3) is 0.287. The fourth-order valence-electron chi connectivity index (χ4n) is 12.9. The monoisotopic (exact) mass is 1490 g/mol. The Kier molecular flexibility index (Phi) is 24.6. The number of azo groups is 3. The van der Waals surface area contributed by atoms with Crippen molar-refractivity contribution in [1.82, 2.24) is 72.9 Å². The van der Waals surface area contributed by atoms with E-state index >= 15 is 0 Å². The third-order valence-corrected chi connectivity index (χ3v) is 17.8. The standard InChI is InChI=1S/C15H19N3OS.C14H16N4.C13H14N4.2C13H15N3OS.C12H12N4/c1-9(2)8-18-13-6-5-10(3)7-12(13)14(15(18)19)17-16-11(4)20;1-8(2)18-12-6-5-9(3)7-11(12)13-14(18)15-10(4)16-17-13;1-4-17-11-6-5-8(2)7-10(11)12-13(17)14-9(3)15-16-12;2*1-4-16-11-6-5-8(2)7-10(11)12(13(16)17)15-14-9(3)18;1-7-4-5-10-9(6-7)11-12(16(10)3)13-8(2)14-15-11/h5-7,9,19-20H,4,8H2,1-3H3;5-8H,1-4H3;5-7H,4H2,1-3H3;2*5-7,17-18H,3-4H2,1-2H3;4-6H,1-3H3. The molecule has 27 heteroatoms. The van der Waals surface area contributed by atoms with Crippen LogP contribution in [-0.2, 0) is 33.2 Å². The molecule has 0 aliphatic carbocycles. The van der Waals surface area contributed by atoms with E-state index in [0.29, 0.717) is 74.7 Å². The number of fused-ring (bicyclic) bond motifs is 12. The molecule has 0 aliphatic heterocycles. The Bertz CT molecular complexity index is 5890. The summed E-state index contributed by atoms with van der Waals surface area (Å²) in [5.74, 6) is 2.93. The molecule has 107 heavy (non-hydrogen) atoms. The number of hydrogen-bond donors (Lipinski definition) is 6. The number of benzene rings is 6. The van der Waals surface area contributed by atoms with E-state index in [2.05, 4.69) is 258 Å². The number of nitrogens with zero attached hydrogens (tertiary/aromatic N) is 21. The molecule has 0 fully saturated rings. The maximum atomic E-state index is 10.4. The van der Waals surface area contributed by atoms with Gasteiger partial charge >= 0.3 is 0 Å². The first-order valence-corrected chi connectivity index (χ1v) is 36.4. The number of aryl methyl sites for hydroxylation is 13. The summed E-state index contributed by atoms with van der Waals surface area (Å²) in [6, 6.07) is 37.5. The second-order valence-electron chi connectivity index (χ2n) is 26.8. The van der Waals surface area contributed by atoms with Crippen molar-refractivity contribution >= 4 is 154 Å². The molecule has 0 amide bonds. The SMILES string of the molecule is C=C(S)N=Nc1c(O)n(CC(C)C)c2ccc(C)cc12.C=C(S)N=Nc1c(O)n(CC)c2ccc(C)cc12.C=C(S)N=Nc1c(O)n(CC)c2ccc(C)cc12.CCn1c2ccc(C)cc2c2nnc(C)nc21.Cc1ccc2c(c1)c1nnc(C)nc1n2C.Cc1ccc2c(c1)c1nnc(C)nc1n2C(C)C. The molecular weight excluding hydrogens is 1400 g/mol. The van der Waals surface area contributed by atoms with Crippen LogP contribution in [0.4, 0.5) is 17.1 Å². The van der Waals surface area contributed by atoms with Crippen LogP contribution in [0.3, 0.4) is 0 Å². The predicted octanol–water partition coefficient (Wildman–Crippen LogP) is 21.0. The van der Waals surface area contributed by atoms with Crippen LogP contribution in [-0.4, -0.2) is 88.3 Å². The van der Waals surface area contributed by atoms with Crippen LogP contribution in [0.1, 0.15) is 105 Å². The minimum absolute atomic E-state index is 0.122. The maximum absolute atomic E-state index is 10.4. The molecule has 0 radical (unpaired) electrons. The van der Waals surface area contributed by atoms with Crippen LogP contribution in [0.25, 0.3) is 98.9 Å². The number of rotatable bonds is 12. The molecule has 0 unspecified atom stereocenters. The van der Waals surface area contributed by atoms with E-state index in [0.717, 1.165) is 118 Å². The van der Waals surface area contributed by atoms with Crippen molar-refractivity contribution < 1.29 is 15.3 Å². The predicted molar refractivity (Wildman–Crippen MR) is 443 cm³/mol. The Hall–Kier alpha value is -11.2. The summed E-state index contributed by atoms with van der Waals surface area (Å²) in [4.78, 5) is 13.5. The van der Waals surface area contributed by atoms with Gasteiger partial charge in [-0.3, -0.25) is 0 Å². The lowest BCUT2D eigenvalue weighted by atomic mass is 10.1. The zero-order chi connectivity index (χ0) is 77.6. The summed E-state index contributed by atoms with van der Waals surface area (Å²) in [7, 11) is 2.01. The lowest BCUT2D eigenvalue weighted by Crippen LogP contribution is -2.03. The van der Waals surface area contributed by atoms with Gasteiger partial charge in [0.05, 0.1) is 33.1 Å². The summed E-state index contributed by atoms with van der Waals surface area (Å²) in [5, 5.41) is 86.3. The van der Waals surface area contributed by atoms with Gasteiger partial charge in [-0.25, -0.2) is 15.0 Å². The first kappa shape index (κ1) is 78.4. The quantitative estimate of drug-likeness (QED) is 0.0492. The van der Waals surface area contributed by atoms with Gasteiger partial charge in [0.25, 0.3) is 0 Å². The Labute approximate surface area is 637 Å². The van der Waals surface area contributed by atoms with Gasteiger partial charge in [0.15, 0.2) is 34.0 Å². The van der Waals surface area contributed by atoms with Crippen molar-refractivity contribution in [1.29, 1.82) is 0 Å². The van der Waals surface area contributed by atoms with Crippen molar-refractivity contribution in [3.05, 3.63) is 195 Å². The van der Waals surface area contributed by atoms with E-state index in [1.54, 1.807) is 9.13 Å². The summed E-state index contributed by atoms with van der Waals surface area (Å²) in [6.07, 6.45) is 0. The van der Waals surface area contributed by atoms with Crippen LogP contribution in [0.15, 0.2) is 175 Å². The van der Waals surface area contributed by atoms with Gasteiger partial charge in [0.2, 0.25) is 17.6 Å². The molecular formula is C80H91N21O3S3. The van der Waals surface area contributed by atoms with Crippen molar-refractivity contribution in [3.63, 3.8) is 0 Å². The van der Waals surface area contributed by atoms with E-state index in [9.17, 15) is 15.3 Å². The fourth-order valence-corrected chi connectivity index (χ4v) is 13.0. The van der Waals surface area contributed by atoms with Crippen molar-refractivity contribution in [2.75, 3.05) is 0 Å². The zero-order valence-electron chi connectivity index (χ0n) is 63.6. The molecule has 6 aromatic carbocycles. The molecule has 15 aromatic rings. The molecule has 9 aromatic heterocycles. The molecule has 0 aliphatic rings. The Morgan fingerprint density at radius 2 is 0.673 bits per heavy atom. The summed E-state index contributed by atoms with van der Waals surface area (Å²) in [5.41, 5.74) is 20.2. The Balaban J connectivity index is 0.000000137. The smallest absolute Gasteiger partial charge is 0.220 e. The highest BCUT2D eigenvalue weighted by Gasteiger charge is 2.22. The van der Waals surface area contributed by atoms with Crippen LogP contribution < -0.4 is 0 Å². The van der Waals surface area contributed by atoms with Gasteiger partial charge in [-0.1, -0.05) is 103 Å². The van der Waals surface area contributed by atoms with E-state index in [-0.39, 0.29) is 17.6 Å². The first-order valence-electron chi connectivity index (χ1n) is 35.0. The molecule has 3 N–H and O–H groups in total. The summed E-state index contributed by atoms with van der Waals surface area (Å²) >= 11 is 11.9. The number of aromatic hydroxyl groups is 3. The van der Waals surface area contributed by atoms with Gasteiger partial charge in [-0.15, -0.1) is 99.2 Å². The molecule has 0 atom stereocenters. The topological polar surface area (TPSA) is 280 Å². The van der Waals surface area contributed by atoms with Crippen LogP contribution in [0.5, 0.6) is 17.6 Å². The average Bonchev–Trinajstić information content (AvgIpc) is 1.54. The van der Waals surface area contributed by atoms with Crippen LogP contribution in [0, 0.1) is 68.2 Å². The van der Waals surface area contributed by atoms with Crippen LogP contribution >= 0.6 is 37.9 Å². The van der Waals surface area contributed by atoms with Crippen molar-refractivity contribution in [3.8, 4) is 17.6 Å². The number of hydrogen-bond acceptors (Lipinski definition) is 21. The molecule has 552 valence electrons. The van der Waals surface area contributed by atoms with Crippen molar-refractivity contribution in [2.24, 2.45) is 43.7 Å². The second-order valence-corrected chi connectivity index (χ2v) is 28.4. The third kappa shape index (κ3) is 17.1. The maximum Gasteiger partial charge on any atom is 0.220 e. The zero-order valence-corrected chi connectivity index (χ0v) is 66.3. The summed E-state index contributed by atoms with van der Waals surface area (Å²) in [6.45, 7) is 46.1. The van der Waals surface area contributed by atoms with Gasteiger partial charge in [-0.2, -0.15) is 0 Å². The van der Waals surface area contributed by atoms with E-state index in [1.807, 2.05) is 122 Å². The average molecular weight is 1490 g/mol. The van der Waals surface area contributed by atoms with E-state index in [4.69, 9.17) is 0 Å². The molecule has 0 saturated carbocycles. The largest absolute Gasteiger partial charge is 0.493 e. The molecule has 24 nitrogen and oxygen atoms in total. The second kappa shape index (κ2) is 33.5. The number of aromatic nitrogens is 15. The first-order chi connectivity index (χ1) is 50.9. The highest BCUT2D eigenvalue weighted by Crippen LogP contribution is 2.43. The highest BCUT2D eigenvalue weighted by atomic mass is 32.1. The minimum Gasteiger partial charge on any atom is -0.493 e. The molecule has 0 spiro atoms. The van der Waals surface area contributed by atoms with Gasteiger partial charge in [-0.05, 0) is 176 Å². The van der Waals surface area contributed by atoms with Gasteiger partial charge in [0, 0.05) is 71.6 Å². The number of thiol groups is 3. The Morgan fingerprint density at radius 1 is 0.383 bits per heavy atom. The normalized spacial score (nSPS) is 11.6. The Morgan fingerprint density at radius 3 is 1.04 bits per heavy atom. The third-order valence-electron chi connectivity index (χ3n) is 17.6. The van der Waals surface area contributed by atoms with Gasteiger partial charge < -0.3 is 42.7 Å². The lowest BCUT2D eigenvalue weighted by molar-refractivity contribution is 0.401. The van der Waals surface area contributed by atoms with E-state index < -0.39 is 0 Å². The molecule has 9 heterocycles. The summed E-state index contributed by atoms with van der Waals surface area (Å²) < 4.78 is 11.9. The molecule has 15 rings (SSSR count). The van der Waals surface area contributed by atoms with Gasteiger partial charge in [0.1, 0.15) is 49.1 Å². The molecule has 0 bridgehead atoms. The highest BCUT2D eigenvalue weighted by molar-refractivity contribution is 7.84. The van der Waals surface area contributed by atoms with E-state index in [1.165, 1.54) is 27.7 Å². The van der Waals surface area contributed by atoms with Crippen LogP contribution in [0.2, 0.25) is 0 Å². The van der Waals surface area contributed by atoms with Crippen molar-refractivity contribution in [2.45, 2.75) is 143 Å². The minimum atomic E-state index is 0.122. The molecule has 0 saturated heterocycles.